The number of hydrazine groups is 1. The molecular formula is C34H28Cl3N3O6. The van der Waals surface area contributed by atoms with Crippen LogP contribution in [0.5, 0.6) is 11.5 Å². The van der Waals surface area contributed by atoms with Gasteiger partial charge in [0.1, 0.15) is 11.5 Å². The fraction of sp³-hybridized carbons (Fsp3) is 0.294. The molecule has 3 fully saturated rings. The van der Waals surface area contributed by atoms with Crippen LogP contribution in [0, 0.1) is 23.7 Å². The van der Waals surface area contributed by atoms with Crippen molar-refractivity contribution in [3.05, 3.63) is 98.5 Å². The maximum Gasteiger partial charge on any atom is 0.260 e. The number of nitrogens with one attached hydrogen (secondary N) is 1. The van der Waals surface area contributed by atoms with E-state index in [0.717, 1.165) is 9.91 Å². The second kappa shape index (κ2) is 11.0. The normalized spacial score (nSPS) is 28.5. The highest BCUT2D eigenvalue weighted by molar-refractivity contribution is 6.36. The van der Waals surface area contributed by atoms with Crippen LogP contribution >= 0.6 is 34.8 Å². The third-order valence-corrected chi connectivity index (χ3v) is 10.9. The van der Waals surface area contributed by atoms with Gasteiger partial charge in [0.25, 0.3) is 11.8 Å². The first-order valence-electron chi connectivity index (χ1n) is 14.7. The minimum atomic E-state index is -1.59. The predicted molar refractivity (Wildman–Crippen MR) is 172 cm³/mol. The van der Waals surface area contributed by atoms with Crippen LogP contribution in [0.3, 0.4) is 0 Å². The van der Waals surface area contributed by atoms with Crippen LogP contribution in [-0.4, -0.2) is 52.8 Å². The Hall–Kier alpha value is -4.05. The second-order valence-corrected chi connectivity index (χ2v) is 13.4. The van der Waals surface area contributed by atoms with Crippen molar-refractivity contribution in [2.75, 3.05) is 19.6 Å². The van der Waals surface area contributed by atoms with Gasteiger partial charge < -0.3 is 9.84 Å². The minimum Gasteiger partial charge on any atom is -0.508 e. The number of carbonyl (C=O) groups is 4. The number of likely N-dealkylation sites (tertiary alicyclic amines) is 1. The topological polar surface area (TPSA) is 116 Å². The number of halogens is 3. The number of hydrogen-bond donors (Lipinski definition) is 2. The molecule has 2 N–H and O–H groups in total. The summed E-state index contributed by atoms with van der Waals surface area (Å²) in [7, 11) is 3.00. The molecule has 7 rings (SSSR count). The first kappa shape index (κ1) is 30.6. The zero-order valence-electron chi connectivity index (χ0n) is 24.7. The summed E-state index contributed by atoms with van der Waals surface area (Å²) in [6.07, 6.45) is 2.30. The molecule has 3 aromatic rings. The lowest BCUT2D eigenvalue weighted by atomic mass is 9.49. The van der Waals surface area contributed by atoms with Crippen LogP contribution in [0.2, 0.25) is 15.1 Å². The Morgan fingerprint density at radius 3 is 2.28 bits per heavy atom. The number of aromatic hydroxyl groups is 1. The Morgan fingerprint density at radius 1 is 0.891 bits per heavy atom. The molecule has 0 radical (unpaired) electrons. The fourth-order valence-corrected chi connectivity index (χ4v) is 8.73. The predicted octanol–water partition coefficient (Wildman–Crippen LogP) is 5.98. The molecule has 0 spiro atoms. The molecule has 9 nitrogen and oxygen atoms in total. The summed E-state index contributed by atoms with van der Waals surface area (Å²) in [5.41, 5.74) is 3.18. The number of amides is 4. The van der Waals surface area contributed by atoms with E-state index in [2.05, 4.69) is 5.43 Å². The third kappa shape index (κ3) is 4.28. The number of benzene rings is 3. The van der Waals surface area contributed by atoms with Crippen molar-refractivity contribution in [2.45, 2.75) is 24.2 Å². The summed E-state index contributed by atoms with van der Waals surface area (Å²) >= 11 is 19.1. The number of methoxy groups -OCH3 is 1. The van der Waals surface area contributed by atoms with E-state index >= 15 is 4.79 Å². The van der Waals surface area contributed by atoms with Gasteiger partial charge in [-0.15, -0.1) is 0 Å². The zero-order valence-corrected chi connectivity index (χ0v) is 26.9. The molecule has 2 heterocycles. The first-order valence-corrected chi connectivity index (χ1v) is 15.9. The summed E-state index contributed by atoms with van der Waals surface area (Å²) in [6.45, 7) is 0. The molecule has 1 saturated carbocycles. The minimum absolute atomic E-state index is 0.112. The van der Waals surface area contributed by atoms with Crippen molar-refractivity contribution in [3.8, 4) is 11.5 Å². The van der Waals surface area contributed by atoms with E-state index < -0.39 is 46.8 Å². The van der Waals surface area contributed by atoms with E-state index in [9.17, 15) is 19.5 Å². The van der Waals surface area contributed by atoms with Gasteiger partial charge in [0.2, 0.25) is 11.8 Å². The Balaban J connectivity index is 1.49. The molecule has 0 aromatic heterocycles. The van der Waals surface area contributed by atoms with Crippen molar-refractivity contribution in [3.63, 3.8) is 0 Å². The molecule has 0 bridgehead atoms. The van der Waals surface area contributed by atoms with Gasteiger partial charge in [-0.1, -0.05) is 58.6 Å². The largest absolute Gasteiger partial charge is 0.508 e. The summed E-state index contributed by atoms with van der Waals surface area (Å²) in [6, 6.07) is 16.1. The van der Waals surface area contributed by atoms with Crippen molar-refractivity contribution in [1.29, 1.82) is 0 Å². The molecule has 4 amide bonds. The van der Waals surface area contributed by atoms with Crippen LogP contribution in [0.15, 0.2) is 72.3 Å². The number of phenols is 1. The number of rotatable bonds is 5. The summed E-state index contributed by atoms with van der Waals surface area (Å²) < 4.78 is 5.40. The number of allylic oxidation sites excluding steroid dienone is 2. The van der Waals surface area contributed by atoms with Gasteiger partial charge in [-0.25, -0.2) is 0 Å². The van der Waals surface area contributed by atoms with Gasteiger partial charge in [0, 0.05) is 28.6 Å². The average molecular weight is 681 g/mol. The number of nitrogens with zero attached hydrogens (tertiary/aromatic N) is 2. The molecule has 2 aliphatic carbocycles. The maximum absolute atomic E-state index is 15.1. The van der Waals surface area contributed by atoms with Gasteiger partial charge in [0.05, 0.1) is 41.0 Å². The lowest BCUT2D eigenvalue weighted by molar-refractivity contribution is -0.140. The lowest BCUT2D eigenvalue weighted by Gasteiger charge is -2.50. The van der Waals surface area contributed by atoms with Gasteiger partial charge in [-0.05, 0) is 72.9 Å². The highest BCUT2D eigenvalue weighted by Gasteiger charge is 2.70. The number of anilines is 1. The van der Waals surface area contributed by atoms with E-state index in [0.29, 0.717) is 32.5 Å². The molecule has 2 saturated heterocycles. The summed E-state index contributed by atoms with van der Waals surface area (Å²) in [4.78, 5) is 57.6. The Morgan fingerprint density at radius 2 is 1.59 bits per heavy atom. The SMILES string of the molecule is COc1ccc([C@@]23C(=O)N(Nc4ccc(Cl)cc4Cl)C(=O)[C@@H]2C[C@@H]2C(=CC[C@@H]4C(=O)N(C)C(=O)[C@@H]42)[C@@H]3c2cc(Cl)ccc2O)cc1. The molecule has 3 aromatic carbocycles. The highest BCUT2D eigenvalue weighted by atomic mass is 35.5. The Kier molecular flexibility index (Phi) is 7.34. The number of hydrogen-bond acceptors (Lipinski definition) is 7. The Labute approximate surface area is 279 Å². The first-order chi connectivity index (χ1) is 22.0. The average Bonchev–Trinajstić information content (AvgIpc) is 3.40. The monoisotopic (exact) mass is 679 g/mol. The highest BCUT2D eigenvalue weighted by Crippen LogP contribution is 2.65. The van der Waals surface area contributed by atoms with Crippen LogP contribution in [0.1, 0.15) is 29.9 Å². The summed E-state index contributed by atoms with van der Waals surface area (Å²) in [5.74, 6) is -5.07. The quantitative estimate of drug-likeness (QED) is 0.252. The van der Waals surface area contributed by atoms with Crippen molar-refractivity contribution in [2.24, 2.45) is 23.7 Å². The van der Waals surface area contributed by atoms with E-state index in [1.807, 2.05) is 6.08 Å². The number of carbonyl (C=O) groups excluding carboxylic acids is 4. The fourth-order valence-electron chi connectivity index (χ4n) is 8.10. The molecule has 46 heavy (non-hydrogen) atoms. The van der Waals surface area contributed by atoms with Crippen molar-refractivity contribution in [1.82, 2.24) is 9.91 Å². The maximum atomic E-state index is 15.1. The molecular weight excluding hydrogens is 653 g/mol. The van der Waals surface area contributed by atoms with Crippen molar-refractivity contribution >= 4 is 64.1 Å². The molecule has 4 aliphatic rings. The smallest absolute Gasteiger partial charge is 0.260 e. The van der Waals surface area contributed by atoms with Gasteiger partial charge >= 0.3 is 0 Å². The lowest BCUT2D eigenvalue weighted by Crippen LogP contribution is -2.53. The Bertz CT molecular complexity index is 1860. The van der Waals surface area contributed by atoms with Crippen molar-refractivity contribution < 1.29 is 29.0 Å². The van der Waals surface area contributed by atoms with E-state index in [-0.39, 0.29) is 41.1 Å². The molecule has 236 valence electrons. The van der Waals surface area contributed by atoms with Gasteiger partial charge in [-0.3, -0.25) is 29.5 Å². The van der Waals surface area contributed by atoms with E-state index in [1.54, 1.807) is 42.5 Å². The van der Waals surface area contributed by atoms with Crippen LogP contribution in [0.25, 0.3) is 0 Å². The van der Waals surface area contributed by atoms with Crippen LogP contribution < -0.4 is 10.2 Å². The van der Waals surface area contributed by atoms with E-state index in [4.69, 9.17) is 39.5 Å². The second-order valence-electron chi connectivity index (χ2n) is 12.2. The molecule has 2 aliphatic heterocycles. The van der Waals surface area contributed by atoms with Gasteiger partial charge in [-0.2, -0.15) is 5.01 Å². The number of fused-ring (bicyclic) bond motifs is 4. The van der Waals surface area contributed by atoms with Crippen LogP contribution in [0.4, 0.5) is 5.69 Å². The zero-order chi connectivity index (χ0) is 32.7. The number of phenolic OH excluding ortho intramolecular Hbond substituents is 1. The van der Waals surface area contributed by atoms with E-state index in [1.165, 1.54) is 32.4 Å². The van der Waals surface area contributed by atoms with Gasteiger partial charge in [0.15, 0.2) is 0 Å². The number of imide groups is 2. The molecule has 12 heteroatoms. The van der Waals surface area contributed by atoms with Crippen LogP contribution in [-0.2, 0) is 24.6 Å². The third-order valence-electron chi connectivity index (χ3n) is 10.1. The standard InChI is InChI=1S/C34H28Cl3N3O6/c1-39-30(42)21-10-9-20-22(28(21)32(39)44)15-24-31(43)40(38-26-11-5-18(36)14-25(26)37)33(45)34(24,16-3-7-19(46-2)8-4-16)29(20)23-13-17(35)6-12-27(23)41/h3-9,11-14,21-22,24,28-29,38,41H,10,15H2,1-2H3/t21-,22+,24-,28-,29+,34+/m0/s1. The molecule has 0 unspecified atom stereocenters. The summed E-state index contributed by atoms with van der Waals surface area (Å²) in [5, 5.41) is 13.3. The molecule has 6 atom stereocenters. The number of ether oxygens (including phenoxy) is 1.